The van der Waals surface area contributed by atoms with Crippen LogP contribution in [0.1, 0.15) is 43.9 Å². The number of aryl methyl sites for hydroxylation is 1. The highest BCUT2D eigenvalue weighted by molar-refractivity contribution is 6.46. The fourth-order valence-electron chi connectivity index (χ4n) is 5.02. The number of hydrogen-bond donors (Lipinski definition) is 1. The zero-order chi connectivity index (χ0) is 28.9. The number of aliphatic hydroxyl groups excluding tert-OH is 1. The Morgan fingerprint density at radius 2 is 1.88 bits per heavy atom. The van der Waals surface area contributed by atoms with E-state index in [4.69, 9.17) is 18.9 Å². The summed E-state index contributed by atoms with van der Waals surface area (Å²) in [5.74, 6) is 0.868. The fourth-order valence-corrected chi connectivity index (χ4v) is 5.02. The van der Waals surface area contributed by atoms with Gasteiger partial charge in [-0.15, -0.1) is 0 Å². The Hall–Kier alpha value is -4.47. The Kier molecular flexibility index (Phi) is 8.47. The number of methoxy groups -OCH3 is 1. The van der Waals surface area contributed by atoms with Crippen molar-refractivity contribution in [3.63, 3.8) is 0 Å². The molecule has 1 amide bonds. The number of amides is 1. The largest absolute Gasteiger partial charge is 0.507 e. The molecule has 0 spiro atoms. The molecule has 0 bridgehead atoms. The summed E-state index contributed by atoms with van der Waals surface area (Å²) in [5, 5.41) is 11.5. The lowest BCUT2D eigenvalue weighted by Gasteiger charge is -2.26. The van der Waals surface area contributed by atoms with Gasteiger partial charge in [-0.25, -0.2) is 4.98 Å². The first-order chi connectivity index (χ1) is 19.9. The number of ketones is 1. The van der Waals surface area contributed by atoms with Crippen LogP contribution >= 0.6 is 0 Å². The molecule has 5 rings (SSSR count). The van der Waals surface area contributed by atoms with Gasteiger partial charge in [0.1, 0.15) is 19.0 Å². The summed E-state index contributed by atoms with van der Waals surface area (Å²) < 4.78 is 24.8. The Bertz CT molecular complexity index is 1430. The van der Waals surface area contributed by atoms with E-state index in [1.54, 1.807) is 50.0 Å². The third-order valence-corrected chi connectivity index (χ3v) is 7.19. The summed E-state index contributed by atoms with van der Waals surface area (Å²) in [4.78, 5) is 32.5. The second-order valence-corrected chi connectivity index (χ2v) is 10.4. The summed E-state index contributed by atoms with van der Waals surface area (Å²) in [6.45, 7) is 6.50. The number of fused-ring (bicyclic) bond motifs is 1. The van der Waals surface area contributed by atoms with E-state index in [0.717, 1.165) is 6.42 Å². The number of nitrogens with zero attached hydrogens (tertiary/aromatic N) is 3. The first kappa shape index (κ1) is 28.1. The third kappa shape index (κ3) is 6.01. The molecule has 0 saturated carbocycles. The molecule has 0 radical (unpaired) electrons. The van der Waals surface area contributed by atoms with E-state index in [1.807, 2.05) is 16.8 Å². The predicted molar refractivity (Wildman–Crippen MR) is 151 cm³/mol. The maximum Gasteiger partial charge on any atom is 0.295 e. The van der Waals surface area contributed by atoms with E-state index in [-0.39, 0.29) is 11.3 Å². The van der Waals surface area contributed by atoms with Crippen LogP contribution in [-0.2, 0) is 16.1 Å². The molecule has 2 aliphatic heterocycles. The lowest BCUT2D eigenvalue weighted by molar-refractivity contribution is -0.139. The van der Waals surface area contributed by atoms with E-state index in [2.05, 4.69) is 18.8 Å². The van der Waals surface area contributed by atoms with Gasteiger partial charge in [0.05, 0.1) is 31.7 Å². The van der Waals surface area contributed by atoms with Crippen LogP contribution in [0.15, 0.2) is 60.7 Å². The molecule has 0 aliphatic carbocycles. The lowest BCUT2D eigenvalue weighted by atomic mass is 9.94. The molecule has 1 atom stereocenters. The van der Waals surface area contributed by atoms with Crippen molar-refractivity contribution in [1.82, 2.24) is 14.5 Å². The molecule has 41 heavy (non-hydrogen) atoms. The highest BCUT2D eigenvalue weighted by Gasteiger charge is 2.46. The van der Waals surface area contributed by atoms with Gasteiger partial charge < -0.3 is 33.5 Å². The molecule has 1 aromatic heterocycles. The van der Waals surface area contributed by atoms with Crippen molar-refractivity contribution < 1.29 is 33.6 Å². The number of aromatic nitrogens is 2. The number of Topliss-reactive ketones (excluding diaryl/α,β-unsaturated/α-hetero) is 1. The third-order valence-electron chi connectivity index (χ3n) is 7.19. The van der Waals surface area contributed by atoms with Gasteiger partial charge in [0.2, 0.25) is 0 Å². The van der Waals surface area contributed by atoms with Crippen LogP contribution in [-0.4, -0.2) is 64.7 Å². The van der Waals surface area contributed by atoms with Crippen LogP contribution in [0.4, 0.5) is 0 Å². The second-order valence-electron chi connectivity index (χ2n) is 10.4. The van der Waals surface area contributed by atoms with Crippen molar-refractivity contribution in [2.45, 2.75) is 39.3 Å². The van der Waals surface area contributed by atoms with Crippen LogP contribution in [0, 0.1) is 5.92 Å². The molecule has 1 N–H and O–H groups in total. The van der Waals surface area contributed by atoms with Gasteiger partial charge >= 0.3 is 0 Å². The number of aliphatic hydroxyl groups is 1. The zero-order valence-electron chi connectivity index (χ0n) is 23.5. The van der Waals surface area contributed by atoms with Gasteiger partial charge in [-0.3, -0.25) is 9.59 Å². The summed E-state index contributed by atoms with van der Waals surface area (Å²) in [6, 6.07) is 9.49. The minimum atomic E-state index is -0.829. The predicted octanol–water partition coefficient (Wildman–Crippen LogP) is 4.60. The van der Waals surface area contributed by atoms with Gasteiger partial charge in [0.15, 0.2) is 23.0 Å². The number of likely N-dealkylation sites (tertiary alicyclic amines) is 1. The highest BCUT2D eigenvalue weighted by atomic mass is 16.6. The maximum absolute atomic E-state index is 13.5. The standard InChI is InChI=1S/C31H35N3O7/c1-20(2)9-14-39-23-7-5-21(17-25(23)38-3)28-27(29(35)22-6-8-24-26(18-22)41-16-15-40-24)30(36)31(37)34(28)12-4-11-33-13-10-32-19-33/h5-8,10,13,17-20,28,35H,4,9,11-12,14-16H2,1-3H3/t28-/m1/s1. The molecular formula is C31H35N3O7. The Morgan fingerprint density at radius 3 is 2.61 bits per heavy atom. The molecular weight excluding hydrogens is 526 g/mol. The van der Waals surface area contributed by atoms with Crippen molar-refractivity contribution in [2.75, 3.05) is 33.5 Å². The van der Waals surface area contributed by atoms with Gasteiger partial charge in [-0.2, -0.15) is 0 Å². The molecule has 3 aromatic rings. The Morgan fingerprint density at radius 1 is 1.07 bits per heavy atom. The molecule has 10 nitrogen and oxygen atoms in total. The Labute approximate surface area is 239 Å². The molecule has 1 saturated heterocycles. The normalized spacial score (nSPS) is 17.8. The number of hydrogen-bond acceptors (Lipinski definition) is 8. The minimum Gasteiger partial charge on any atom is -0.507 e. The van der Waals surface area contributed by atoms with Crippen molar-refractivity contribution in [2.24, 2.45) is 5.92 Å². The number of rotatable bonds is 11. The van der Waals surface area contributed by atoms with E-state index < -0.39 is 17.7 Å². The second kappa shape index (κ2) is 12.4. The Balaban J connectivity index is 1.52. The van der Waals surface area contributed by atoms with E-state index in [0.29, 0.717) is 79.4 Å². The number of benzene rings is 2. The van der Waals surface area contributed by atoms with Gasteiger partial charge in [0, 0.05) is 31.0 Å². The van der Waals surface area contributed by atoms with Gasteiger partial charge in [0.25, 0.3) is 11.7 Å². The van der Waals surface area contributed by atoms with Crippen molar-refractivity contribution in [3.05, 3.63) is 71.8 Å². The SMILES string of the molecule is COc1cc([C@@H]2C(=C(O)c3ccc4c(c3)OCCO4)C(=O)C(=O)N2CCCn2ccnc2)ccc1OCCC(C)C. The van der Waals surface area contributed by atoms with E-state index >= 15 is 0 Å². The number of imidazole rings is 1. The number of ether oxygens (including phenoxy) is 4. The van der Waals surface area contributed by atoms with Crippen molar-refractivity contribution in [1.29, 1.82) is 0 Å². The number of carbonyl (C=O) groups excluding carboxylic acids is 2. The summed E-state index contributed by atoms with van der Waals surface area (Å²) in [7, 11) is 1.55. The average molecular weight is 562 g/mol. The monoisotopic (exact) mass is 561 g/mol. The quantitative estimate of drug-likeness (QED) is 0.205. The molecule has 3 heterocycles. The average Bonchev–Trinajstić information content (AvgIpc) is 3.59. The van der Waals surface area contributed by atoms with Crippen LogP contribution in [0.3, 0.4) is 0 Å². The van der Waals surface area contributed by atoms with Crippen LogP contribution in [0.5, 0.6) is 23.0 Å². The molecule has 2 aromatic carbocycles. The van der Waals surface area contributed by atoms with Crippen molar-refractivity contribution >= 4 is 17.4 Å². The zero-order valence-corrected chi connectivity index (χ0v) is 23.5. The fraction of sp³-hybridized carbons (Fsp3) is 0.387. The maximum atomic E-state index is 13.5. The first-order valence-corrected chi connectivity index (χ1v) is 13.8. The van der Waals surface area contributed by atoms with Crippen molar-refractivity contribution in [3.8, 4) is 23.0 Å². The lowest BCUT2D eigenvalue weighted by Crippen LogP contribution is -2.31. The summed E-state index contributed by atoms with van der Waals surface area (Å²) in [5.41, 5.74) is 0.986. The molecule has 0 unspecified atom stereocenters. The minimum absolute atomic E-state index is 0.00448. The first-order valence-electron chi connectivity index (χ1n) is 13.8. The van der Waals surface area contributed by atoms with Crippen LogP contribution in [0.25, 0.3) is 5.76 Å². The van der Waals surface area contributed by atoms with E-state index in [9.17, 15) is 14.7 Å². The molecule has 216 valence electrons. The summed E-state index contributed by atoms with van der Waals surface area (Å²) in [6.07, 6.45) is 6.71. The van der Waals surface area contributed by atoms with Gasteiger partial charge in [-0.05, 0) is 54.7 Å². The van der Waals surface area contributed by atoms with Crippen LogP contribution in [0.2, 0.25) is 0 Å². The summed E-state index contributed by atoms with van der Waals surface area (Å²) >= 11 is 0. The molecule has 10 heteroatoms. The van der Waals surface area contributed by atoms with Gasteiger partial charge in [-0.1, -0.05) is 19.9 Å². The van der Waals surface area contributed by atoms with E-state index in [1.165, 1.54) is 4.90 Å². The topological polar surface area (TPSA) is 112 Å². The smallest absolute Gasteiger partial charge is 0.295 e. The molecule has 2 aliphatic rings. The molecule has 1 fully saturated rings. The number of carbonyl (C=O) groups is 2. The highest BCUT2D eigenvalue weighted by Crippen LogP contribution is 2.43. The van der Waals surface area contributed by atoms with Crippen LogP contribution < -0.4 is 18.9 Å².